The first kappa shape index (κ1) is 24.9. The molecular formula is C21H25N5O7S. The molecule has 0 aliphatic rings. The maximum absolute atomic E-state index is 13.2. The minimum atomic E-state index is -4.40. The number of sulfonamides is 1. The van der Waals surface area contributed by atoms with Gasteiger partial charge in [0, 0.05) is 31.4 Å². The first-order valence-electron chi connectivity index (χ1n) is 10.1. The van der Waals surface area contributed by atoms with E-state index in [1.54, 1.807) is 38.1 Å². The number of hydrogen-bond acceptors (Lipinski definition) is 9. The second-order valence-corrected chi connectivity index (χ2v) is 9.06. The van der Waals surface area contributed by atoms with Crippen molar-refractivity contribution in [3.05, 3.63) is 57.9 Å². The summed E-state index contributed by atoms with van der Waals surface area (Å²) in [5.74, 6) is 0.913. The van der Waals surface area contributed by atoms with Crippen LogP contribution in [0.25, 0.3) is 5.69 Å². The molecule has 3 rings (SSSR count). The molecule has 182 valence electrons. The van der Waals surface area contributed by atoms with E-state index in [9.17, 15) is 18.5 Å². The molecule has 0 saturated heterocycles. The Kier molecular flexibility index (Phi) is 7.37. The van der Waals surface area contributed by atoms with E-state index in [-0.39, 0.29) is 29.7 Å². The SMILES string of the molecule is COCc1nc(S(=O)(=O)Nc2c(C(C)C)cccc2[N+](=O)[O-])nn1-c1cc(OC)cc(OC)c1. The molecule has 0 atom stereocenters. The maximum atomic E-state index is 13.2. The number of hydrogen-bond donors (Lipinski definition) is 1. The van der Waals surface area contributed by atoms with Gasteiger partial charge in [-0.25, -0.2) is 4.68 Å². The van der Waals surface area contributed by atoms with Crippen molar-refractivity contribution in [3.63, 3.8) is 0 Å². The lowest BCUT2D eigenvalue weighted by Crippen LogP contribution is -2.17. The van der Waals surface area contributed by atoms with Crippen LogP contribution in [0.2, 0.25) is 0 Å². The lowest BCUT2D eigenvalue weighted by molar-refractivity contribution is -0.383. The second kappa shape index (κ2) is 10.1. The van der Waals surface area contributed by atoms with Crippen LogP contribution in [-0.2, 0) is 21.4 Å². The molecule has 0 unspecified atom stereocenters. The van der Waals surface area contributed by atoms with Gasteiger partial charge in [-0.05, 0) is 11.5 Å². The second-order valence-electron chi connectivity index (χ2n) is 7.48. The molecule has 13 heteroatoms. The van der Waals surface area contributed by atoms with Crippen molar-refractivity contribution >= 4 is 21.4 Å². The summed E-state index contributed by atoms with van der Waals surface area (Å²) in [6, 6.07) is 9.26. The minimum absolute atomic E-state index is 0.0508. The largest absolute Gasteiger partial charge is 0.497 e. The van der Waals surface area contributed by atoms with Crippen molar-refractivity contribution in [2.75, 3.05) is 26.1 Å². The van der Waals surface area contributed by atoms with Gasteiger partial charge in [0.25, 0.3) is 20.9 Å². The van der Waals surface area contributed by atoms with Gasteiger partial charge in [-0.15, -0.1) is 5.10 Å². The molecule has 3 aromatic rings. The third kappa shape index (κ3) is 5.10. The maximum Gasteiger partial charge on any atom is 0.299 e. The Morgan fingerprint density at radius 2 is 1.76 bits per heavy atom. The highest BCUT2D eigenvalue weighted by Gasteiger charge is 2.29. The van der Waals surface area contributed by atoms with E-state index in [0.29, 0.717) is 22.7 Å². The molecule has 34 heavy (non-hydrogen) atoms. The summed E-state index contributed by atoms with van der Waals surface area (Å²) in [5.41, 5.74) is 0.386. The molecule has 0 radical (unpaired) electrons. The van der Waals surface area contributed by atoms with Gasteiger partial charge in [0.15, 0.2) is 5.82 Å². The number of anilines is 1. The fraction of sp³-hybridized carbons (Fsp3) is 0.333. The van der Waals surface area contributed by atoms with Crippen molar-refractivity contribution in [2.45, 2.75) is 31.5 Å². The molecule has 0 saturated carbocycles. The fourth-order valence-electron chi connectivity index (χ4n) is 3.26. The van der Waals surface area contributed by atoms with Gasteiger partial charge in [-0.1, -0.05) is 26.0 Å². The number of nitro benzene ring substituents is 1. The van der Waals surface area contributed by atoms with Crippen molar-refractivity contribution < 1.29 is 27.6 Å². The summed E-state index contributed by atoms with van der Waals surface area (Å²) >= 11 is 0. The number of aromatic nitrogens is 3. The molecule has 0 aliphatic heterocycles. The Labute approximate surface area is 196 Å². The zero-order valence-corrected chi connectivity index (χ0v) is 20.1. The zero-order chi connectivity index (χ0) is 25.0. The Bertz CT molecular complexity index is 1280. The van der Waals surface area contributed by atoms with Crippen molar-refractivity contribution in [1.82, 2.24) is 14.8 Å². The van der Waals surface area contributed by atoms with Crippen LogP contribution in [0.5, 0.6) is 11.5 Å². The van der Waals surface area contributed by atoms with E-state index >= 15 is 0 Å². The average Bonchev–Trinajstić information content (AvgIpc) is 3.23. The molecule has 0 fully saturated rings. The smallest absolute Gasteiger partial charge is 0.299 e. The van der Waals surface area contributed by atoms with E-state index in [4.69, 9.17) is 14.2 Å². The molecule has 1 aromatic heterocycles. The molecular weight excluding hydrogens is 466 g/mol. The molecule has 0 spiro atoms. The van der Waals surface area contributed by atoms with E-state index < -0.39 is 20.1 Å². The summed E-state index contributed by atoms with van der Waals surface area (Å²) in [4.78, 5) is 15.0. The Morgan fingerprint density at radius 1 is 1.12 bits per heavy atom. The van der Waals surface area contributed by atoms with Gasteiger partial charge in [0.2, 0.25) is 0 Å². The topological polar surface area (TPSA) is 148 Å². The predicted molar refractivity (Wildman–Crippen MR) is 123 cm³/mol. The van der Waals surface area contributed by atoms with E-state index in [0.717, 1.165) is 0 Å². The summed E-state index contributed by atoms with van der Waals surface area (Å²) in [5, 5.41) is 15.1. The highest BCUT2D eigenvalue weighted by molar-refractivity contribution is 7.92. The quantitative estimate of drug-likeness (QED) is 0.333. The molecule has 1 heterocycles. The fourth-order valence-corrected chi connectivity index (χ4v) is 4.26. The Balaban J connectivity index is 2.13. The van der Waals surface area contributed by atoms with E-state index in [1.807, 2.05) is 0 Å². The monoisotopic (exact) mass is 491 g/mol. The van der Waals surface area contributed by atoms with Crippen LogP contribution in [0, 0.1) is 10.1 Å². The van der Waals surface area contributed by atoms with E-state index in [1.165, 1.54) is 38.1 Å². The predicted octanol–water partition coefficient (Wildman–Crippen LogP) is 3.26. The molecule has 0 bridgehead atoms. The van der Waals surface area contributed by atoms with Gasteiger partial charge in [-0.2, -0.15) is 13.4 Å². The van der Waals surface area contributed by atoms with Gasteiger partial charge >= 0.3 is 0 Å². The minimum Gasteiger partial charge on any atom is -0.497 e. The lowest BCUT2D eigenvalue weighted by atomic mass is 10.0. The highest BCUT2D eigenvalue weighted by atomic mass is 32.2. The van der Waals surface area contributed by atoms with Crippen LogP contribution in [-0.4, -0.2) is 49.4 Å². The number of benzene rings is 2. The zero-order valence-electron chi connectivity index (χ0n) is 19.3. The number of rotatable bonds is 10. The van der Waals surface area contributed by atoms with Crippen LogP contribution in [0.3, 0.4) is 0 Å². The molecule has 1 N–H and O–H groups in total. The number of nitrogens with one attached hydrogen (secondary N) is 1. The van der Waals surface area contributed by atoms with Crippen molar-refractivity contribution in [3.8, 4) is 17.2 Å². The van der Waals surface area contributed by atoms with Gasteiger partial charge in [0.1, 0.15) is 23.8 Å². The van der Waals surface area contributed by atoms with E-state index in [2.05, 4.69) is 14.8 Å². The summed E-state index contributed by atoms with van der Waals surface area (Å²) in [6.45, 7) is 3.55. The van der Waals surface area contributed by atoms with Crippen LogP contribution in [0.4, 0.5) is 11.4 Å². The summed E-state index contributed by atoms with van der Waals surface area (Å²) in [7, 11) is -0.00789. The van der Waals surface area contributed by atoms with Gasteiger partial charge in [-0.3, -0.25) is 14.8 Å². The van der Waals surface area contributed by atoms with Crippen LogP contribution < -0.4 is 14.2 Å². The lowest BCUT2D eigenvalue weighted by Gasteiger charge is -2.13. The van der Waals surface area contributed by atoms with Crippen molar-refractivity contribution in [2.24, 2.45) is 0 Å². The summed E-state index contributed by atoms with van der Waals surface area (Å²) < 4.78 is 45.8. The first-order chi connectivity index (χ1) is 16.1. The Hall–Kier alpha value is -3.71. The molecule has 12 nitrogen and oxygen atoms in total. The van der Waals surface area contributed by atoms with Crippen LogP contribution in [0.15, 0.2) is 41.6 Å². The van der Waals surface area contributed by atoms with Gasteiger partial charge in [0.05, 0.1) is 24.8 Å². The van der Waals surface area contributed by atoms with Crippen molar-refractivity contribution in [1.29, 1.82) is 0 Å². The number of para-hydroxylation sites is 1. The standard InChI is InChI=1S/C21H25N5O7S/c1-13(2)17-7-6-8-18(26(27)28)20(17)24-34(29,30)21-22-19(12-31-3)25(23-21)14-9-15(32-4)11-16(10-14)33-5/h6-11,13,24H,12H2,1-5H3. The van der Waals surface area contributed by atoms with Gasteiger partial charge < -0.3 is 14.2 Å². The highest BCUT2D eigenvalue weighted by Crippen LogP contribution is 2.34. The Morgan fingerprint density at radius 3 is 2.29 bits per heavy atom. The molecule has 0 aliphatic carbocycles. The number of methoxy groups -OCH3 is 3. The van der Waals surface area contributed by atoms with Crippen LogP contribution >= 0.6 is 0 Å². The summed E-state index contributed by atoms with van der Waals surface area (Å²) in [6.07, 6.45) is 0. The number of nitro groups is 1. The molecule has 0 amide bonds. The number of nitrogens with zero attached hydrogens (tertiary/aromatic N) is 4. The third-order valence-electron chi connectivity index (χ3n) is 4.88. The first-order valence-corrected chi connectivity index (χ1v) is 11.6. The number of ether oxygens (including phenoxy) is 3. The third-order valence-corrected chi connectivity index (χ3v) is 6.01. The van der Waals surface area contributed by atoms with Crippen LogP contribution in [0.1, 0.15) is 31.2 Å². The average molecular weight is 492 g/mol. The molecule has 2 aromatic carbocycles. The normalized spacial score (nSPS) is 11.5.